The molecule has 1 atom stereocenters. The van der Waals surface area contributed by atoms with Crippen molar-refractivity contribution in [1.82, 2.24) is 5.32 Å². The van der Waals surface area contributed by atoms with E-state index in [0.29, 0.717) is 21.3 Å². The number of carbonyl (C=O) groups is 1. The molecule has 7 heteroatoms. The Hall–Kier alpha value is -1.33. The number of hydrogen-bond acceptors (Lipinski definition) is 2. The van der Waals surface area contributed by atoms with Crippen LogP contribution in [0.5, 0.6) is 0 Å². The Morgan fingerprint density at radius 1 is 1.13 bits per heavy atom. The fourth-order valence-corrected chi connectivity index (χ4v) is 2.71. The highest BCUT2D eigenvalue weighted by atomic mass is 35.5. The molecule has 1 amide bonds. The van der Waals surface area contributed by atoms with Crippen LogP contribution in [-0.4, -0.2) is 12.5 Å². The van der Waals surface area contributed by atoms with Crippen molar-refractivity contribution in [3.8, 4) is 0 Å². The average molecular weight is 376 g/mol. The molecule has 2 aromatic carbocycles. The lowest BCUT2D eigenvalue weighted by molar-refractivity contribution is -0.115. The zero-order valence-corrected chi connectivity index (χ0v) is 14.4. The molecule has 122 valence electrons. The maximum Gasteiger partial charge on any atom is 0.238 e. The second kappa shape index (κ2) is 7.97. The molecule has 0 fully saturated rings. The summed E-state index contributed by atoms with van der Waals surface area (Å²) in [5.41, 5.74) is 1.06. The Morgan fingerprint density at radius 3 is 2.52 bits per heavy atom. The minimum atomic E-state index is -0.555. The van der Waals surface area contributed by atoms with E-state index in [4.69, 9.17) is 34.8 Å². The second-order valence-corrected chi connectivity index (χ2v) is 6.14. The number of para-hydroxylation sites is 1. The molecule has 0 radical (unpaired) electrons. The van der Waals surface area contributed by atoms with Gasteiger partial charge in [-0.3, -0.25) is 4.79 Å². The van der Waals surface area contributed by atoms with Crippen LogP contribution in [0.3, 0.4) is 0 Å². The van der Waals surface area contributed by atoms with E-state index >= 15 is 0 Å². The molecule has 0 unspecified atom stereocenters. The zero-order chi connectivity index (χ0) is 17.0. The minimum Gasteiger partial charge on any atom is -0.324 e. The fourth-order valence-electron chi connectivity index (χ4n) is 1.98. The van der Waals surface area contributed by atoms with Gasteiger partial charge < -0.3 is 10.6 Å². The van der Waals surface area contributed by atoms with Crippen molar-refractivity contribution in [2.24, 2.45) is 0 Å². The number of anilines is 1. The van der Waals surface area contributed by atoms with Gasteiger partial charge >= 0.3 is 0 Å². The molecular formula is C16H14Cl3FN2O. The van der Waals surface area contributed by atoms with E-state index < -0.39 is 5.82 Å². The number of amides is 1. The van der Waals surface area contributed by atoms with Gasteiger partial charge in [-0.15, -0.1) is 0 Å². The third-order valence-corrected chi connectivity index (χ3v) is 4.17. The van der Waals surface area contributed by atoms with E-state index in [1.165, 1.54) is 12.1 Å². The van der Waals surface area contributed by atoms with Crippen molar-refractivity contribution >= 4 is 46.4 Å². The first-order valence-electron chi connectivity index (χ1n) is 6.80. The van der Waals surface area contributed by atoms with Crippen LogP contribution in [-0.2, 0) is 4.79 Å². The topological polar surface area (TPSA) is 41.1 Å². The lowest BCUT2D eigenvalue weighted by Crippen LogP contribution is -2.30. The Bertz CT molecular complexity index is 724. The Labute approximate surface area is 148 Å². The van der Waals surface area contributed by atoms with Gasteiger partial charge in [-0.2, -0.15) is 0 Å². The Morgan fingerprint density at radius 2 is 1.83 bits per heavy atom. The van der Waals surface area contributed by atoms with E-state index in [0.717, 1.165) is 0 Å². The molecule has 0 aliphatic carbocycles. The number of hydrogen-bond donors (Lipinski definition) is 2. The van der Waals surface area contributed by atoms with Crippen molar-refractivity contribution in [3.63, 3.8) is 0 Å². The zero-order valence-electron chi connectivity index (χ0n) is 12.2. The third kappa shape index (κ3) is 4.82. The number of rotatable bonds is 5. The molecule has 2 rings (SSSR count). The molecule has 2 aromatic rings. The first-order valence-corrected chi connectivity index (χ1v) is 7.94. The van der Waals surface area contributed by atoms with Crippen LogP contribution < -0.4 is 10.6 Å². The van der Waals surface area contributed by atoms with Gasteiger partial charge in [0.25, 0.3) is 0 Å². The van der Waals surface area contributed by atoms with Crippen molar-refractivity contribution < 1.29 is 9.18 Å². The molecule has 0 spiro atoms. The molecule has 0 aliphatic heterocycles. The molecular weight excluding hydrogens is 362 g/mol. The summed E-state index contributed by atoms with van der Waals surface area (Å²) in [6.07, 6.45) is 0. The van der Waals surface area contributed by atoms with E-state index in [1.807, 2.05) is 0 Å². The quantitative estimate of drug-likeness (QED) is 0.716. The standard InChI is InChI=1S/C16H14Cl3FN2O/c1-9(10-6-14(20)13(19)7-12(10)18)21-8-16(23)22-15-5-3-2-4-11(15)17/h2-7,9,21H,8H2,1H3,(H,22,23)/t9-/m1/s1. The average Bonchev–Trinajstić information content (AvgIpc) is 2.51. The number of halogens is 4. The molecule has 0 bridgehead atoms. The highest BCUT2D eigenvalue weighted by molar-refractivity contribution is 6.35. The second-order valence-electron chi connectivity index (χ2n) is 4.92. The van der Waals surface area contributed by atoms with Crippen LogP contribution in [0.1, 0.15) is 18.5 Å². The highest BCUT2D eigenvalue weighted by Gasteiger charge is 2.14. The van der Waals surface area contributed by atoms with E-state index in [2.05, 4.69) is 10.6 Å². The van der Waals surface area contributed by atoms with Crippen molar-refractivity contribution in [2.45, 2.75) is 13.0 Å². The van der Waals surface area contributed by atoms with Crippen molar-refractivity contribution in [3.05, 3.63) is 62.8 Å². The van der Waals surface area contributed by atoms with Crippen LogP contribution in [0, 0.1) is 5.82 Å². The largest absolute Gasteiger partial charge is 0.324 e. The van der Waals surface area contributed by atoms with Gasteiger partial charge in [-0.25, -0.2) is 4.39 Å². The summed E-state index contributed by atoms with van der Waals surface area (Å²) in [6.45, 7) is 1.80. The Kier molecular flexibility index (Phi) is 6.25. The predicted molar refractivity (Wildman–Crippen MR) is 92.9 cm³/mol. The molecule has 0 aliphatic rings. The van der Waals surface area contributed by atoms with Gasteiger partial charge in [0, 0.05) is 11.1 Å². The normalized spacial score (nSPS) is 12.0. The number of carbonyl (C=O) groups excluding carboxylic acids is 1. The maximum atomic E-state index is 13.5. The summed E-state index contributed by atoms with van der Waals surface area (Å²) < 4.78 is 13.5. The lowest BCUT2D eigenvalue weighted by Gasteiger charge is -2.16. The number of nitrogens with one attached hydrogen (secondary N) is 2. The Balaban J connectivity index is 1.96. The molecule has 0 saturated carbocycles. The summed E-state index contributed by atoms with van der Waals surface area (Å²) in [6, 6.07) is 9.21. The summed E-state index contributed by atoms with van der Waals surface area (Å²) in [7, 11) is 0. The molecule has 0 heterocycles. The predicted octanol–water partition coefficient (Wildman–Crippen LogP) is 5.08. The van der Waals surface area contributed by atoms with Gasteiger partial charge in [0.15, 0.2) is 0 Å². The molecule has 0 aromatic heterocycles. The van der Waals surface area contributed by atoms with Gasteiger partial charge in [-0.1, -0.05) is 46.9 Å². The van der Waals surface area contributed by atoms with Crippen LogP contribution in [0.2, 0.25) is 15.1 Å². The van der Waals surface area contributed by atoms with Crippen LogP contribution in [0.25, 0.3) is 0 Å². The van der Waals surface area contributed by atoms with Crippen LogP contribution in [0.15, 0.2) is 36.4 Å². The van der Waals surface area contributed by atoms with Gasteiger partial charge in [0.2, 0.25) is 5.91 Å². The summed E-state index contributed by atoms with van der Waals surface area (Å²) in [4.78, 5) is 11.9. The first kappa shape index (κ1) is 18.0. The molecule has 0 saturated heterocycles. The van der Waals surface area contributed by atoms with Gasteiger partial charge in [-0.05, 0) is 36.8 Å². The molecule has 23 heavy (non-hydrogen) atoms. The fraction of sp³-hybridized carbons (Fsp3) is 0.188. The van der Waals surface area contributed by atoms with E-state index in [1.54, 1.807) is 31.2 Å². The van der Waals surface area contributed by atoms with E-state index in [9.17, 15) is 9.18 Å². The smallest absolute Gasteiger partial charge is 0.238 e. The lowest BCUT2D eigenvalue weighted by atomic mass is 10.1. The summed E-state index contributed by atoms with van der Waals surface area (Å²) in [5, 5.41) is 6.42. The van der Waals surface area contributed by atoms with Gasteiger partial charge in [0.05, 0.1) is 22.3 Å². The SMILES string of the molecule is C[C@@H](NCC(=O)Nc1ccccc1Cl)c1cc(F)c(Cl)cc1Cl. The van der Waals surface area contributed by atoms with Gasteiger partial charge in [0.1, 0.15) is 5.82 Å². The van der Waals surface area contributed by atoms with E-state index in [-0.39, 0.29) is 23.5 Å². The monoisotopic (exact) mass is 374 g/mol. The third-order valence-electron chi connectivity index (χ3n) is 3.22. The molecule has 3 nitrogen and oxygen atoms in total. The summed E-state index contributed by atoms with van der Waals surface area (Å²) in [5.74, 6) is -0.823. The van der Waals surface area contributed by atoms with Crippen molar-refractivity contribution in [2.75, 3.05) is 11.9 Å². The van der Waals surface area contributed by atoms with Crippen LogP contribution >= 0.6 is 34.8 Å². The first-order chi connectivity index (χ1) is 10.9. The number of benzene rings is 2. The summed E-state index contributed by atoms with van der Waals surface area (Å²) >= 11 is 17.7. The molecule has 2 N–H and O–H groups in total. The van der Waals surface area contributed by atoms with Crippen molar-refractivity contribution in [1.29, 1.82) is 0 Å². The van der Waals surface area contributed by atoms with Crippen LogP contribution in [0.4, 0.5) is 10.1 Å². The maximum absolute atomic E-state index is 13.5. The highest BCUT2D eigenvalue weighted by Crippen LogP contribution is 2.28. The minimum absolute atomic E-state index is 0.0208.